The van der Waals surface area contributed by atoms with Crippen molar-refractivity contribution >= 4 is 33.4 Å². The zero-order valence-corrected chi connectivity index (χ0v) is 12.7. The molecule has 6 heteroatoms. The smallest absolute Gasteiger partial charge is 0.239 e. The fourth-order valence-electron chi connectivity index (χ4n) is 2.05. The predicted octanol–water partition coefficient (Wildman–Crippen LogP) is 2.69. The Hall–Kier alpha value is -0.780. The number of carbonyl (C=O) groups excluding carboxylic acids is 1. The van der Waals surface area contributed by atoms with Crippen LogP contribution < -0.4 is 10.5 Å². The maximum atomic E-state index is 11.7. The second-order valence-corrected chi connectivity index (χ2v) is 6.03. The van der Waals surface area contributed by atoms with E-state index in [0.717, 1.165) is 5.56 Å². The molecule has 1 atom stereocenters. The lowest BCUT2D eigenvalue weighted by Gasteiger charge is -2.44. The number of amides is 1. The van der Waals surface area contributed by atoms with E-state index in [1.54, 1.807) is 24.1 Å². The number of hydrogen-bond acceptors (Lipinski definition) is 3. The number of carbonyl (C=O) groups is 1. The van der Waals surface area contributed by atoms with E-state index in [4.69, 9.17) is 22.1 Å². The molecular formula is C12H14BrClN2O2. The third-order valence-electron chi connectivity index (χ3n) is 3.21. The summed E-state index contributed by atoms with van der Waals surface area (Å²) >= 11 is 9.39. The van der Waals surface area contributed by atoms with Crippen LogP contribution in [-0.4, -0.2) is 23.6 Å². The first-order valence-corrected chi connectivity index (χ1v) is 6.61. The summed E-state index contributed by atoms with van der Waals surface area (Å²) in [6.45, 7) is 3.75. The van der Waals surface area contributed by atoms with E-state index in [1.807, 2.05) is 13.8 Å². The Balaban J connectivity index is 2.63. The summed E-state index contributed by atoms with van der Waals surface area (Å²) in [4.78, 5) is 13.5. The van der Waals surface area contributed by atoms with Gasteiger partial charge in [-0.2, -0.15) is 0 Å². The average Bonchev–Trinajstić information content (AvgIpc) is 2.22. The Bertz CT molecular complexity index is 519. The minimum absolute atomic E-state index is 0.413. The van der Waals surface area contributed by atoms with Crippen LogP contribution in [0.2, 0.25) is 5.02 Å². The van der Waals surface area contributed by atoms with Gasteiger partial charge in [0.15, 0.2) is 5.72 Å². The average molecular weight is 334 g/mol. The van der Waals surface area contributed by atoms with Crippen molar-refractivity contribution in [2.45, 2.75) is 25.6 Å². The van der Waals surface area contributed by atoms with Crippen molar-refractivity contribution in [2.75, 3.05) is 7.05 Å². The number of nitrogens with two attached hydrogens (primary N) is 1. The lowest BCUT2D eigenvalue weighted by atomic mass is 9.99. The number of nitrogens with zero attached hydrogens (tertiary/aromatic N) is 1. The van der Waals surface area contributed by atoms with Gasteiger partial charge in [-0.3, -0.25) is 9.69 Å². The molecule has 0 aliphatic carbocycles. The highest BCUT2D eigenvalue weighted by Crippen LogP contribution is 2.43. The van der Waals surface area contributed by atoms with Gasteiger partial charge in [0.1, 0.15) is 11.8 Å². The van der Waals surface area contributed by atoms with Gasteiger partial charge in [-0.1, -0.05) is 11.6 Å². The van der Waals surface area contributed by atoms with Crippen LogP contribution in [0.15, 0.2) is 16.6 Å². The number of hydrogen-bond donors (Lipinski definition) is 1. The van der Waals surface area contributed by atoms with Crippen molar-refractivity contribution < 1.29 is 9.53 Å². The van der Waals surface area contributed by atoms with Crippen LogP contribution in [0, 0.1) is 0 Å². The van der Waals surface area contributed by atoms with Crippen LogP contribution in [0.5, 0.6) is 5.75 Å². The topological polar surface area (TPSA) is 55.6 Å². The largest absolute Gasteiger partial charge is 0.473 e. The van der Waals surface area contributed by atoms with E-state index >= 15 is 0 Å². The number of halogens is 2. The third-order valence-corrected chi connectivity index (χ3v) is 4.41. The van der Waals surface area contributed by atoms with E-state index in [1.165, 1.54) is 0 Å². The summed E-state index contributed by atoms with van der Waals surface area (Å²) in [6.07, 6.45) is 0. The molecule has 2 N–H and O–H groups in total. The fourth-order valence-corrected chi connectivity index (χ4v) is 2.57. The van der Waals surface area contributed by atoms with Gasteiger partial charge >= 0.3 is 0 Å². The van der Waals surface area contributed by atoms with Crippen LogP contribution in [0.1, 0.15) is 25.5 Å². The van der Waals surface area contributed by atoms with E-state index in [-0.39, 0.29) is 0 Å². The van der Waals surface area contributed by atoms with Gasteiger partial charge in [-0.05, 0) is 42.9 Å². The molecule has 1 aromatic rings. The molecule has 1 amide bonds. The summed E-state index contributed by atoms with van der Waals surface area (Å²) in [5, 5.41) is 0.539. The van der Waals surface area contributed by atoms with Gasteiger partial charge in [0.25, 0.3) is 0 Å². The lowest BCUT2D eigenvalue weighted by molar-refractivity contribution is -0.136. The molecule has 0 radical (unpaired) electrons. The molecule has 18 heavy (non-hydrogen) atoms. The fraction of sp³-hybridized carbons (Fsp3) is 0.417. The summed E-state index contributed by atoms with van der Waals surface area (Å²) in [6, 6.07) is 2.95. The summed E-state index contributed by atoms with van der Waals surface area (Å²) in [7, 11) is 1.81. The Kier molecular flexibility index (Phi) is 3.34. The zero-order chi connectivity index (χ0) is 13.7. The van der Waals surface area contributed by atoms with Crippen LogP contribution >= 0.6 is 27.5 Å². The molecule has 1 aliphatic heterocycles. The molecule has 0 saturated carbocycles. The summed E-state index contributed by atoms with van der Waals surface area (Å²) < 4.78 is 6.57. The van der Waals surface area contributed by atoms with Gasteiger partial charge in [0.05, 0.1) is 5.02 Å². The Morgan fingerprint density at radius 3 is 2.72 bits per heavy atom. The molecular weight excluding hydrogens is 320 g/mol. The van der Waals surface area contributed by atoms with Gasteiger partial charge in [0, 0.05) is 16.1 Å². The Labute approximate surface area is 119 Å². The Morgan fingerprint density at radius 2 is 2.17 bits per heavy atom. The van der Waals surface area contributed by atoms with Crippen LogP contribution in [0.25, 0.3) is 0 Å². The van der Waals surface area contributed by atoms with Crippen molar-refractivity contribution in [1.82, 2.24) is 4.90 Å². The van der Waals surface area contributed by atoms with Crippen molar-refractivity contribution in [3.05, 3.63) is 27.2 Å². The summed E-state index contributed by atoms with van der Waals surface area (Å²) in [5.74, 6) is 0.180. The molecule has 1 unspecified atom stereocenters. The van der Waals surface area contributed by atoms with Crippen molar-refractivity contribution in [2.24, 2.45) is 5.73 Å². The van der Waals surface area contributed by atoms with Gasteiger partial charge in [-0.25, -0.2) is 0 Å². The molecule has 0 fully saturated rings. The van der Waals surface area contributed by atoms with Crippen LogP contribution in [0.3, 0.4) is 0 Å². The summed E-state index contributed by atoms with van der Waals surface area (Å²) in [5.41, 5.74) is 5.60. The standard InChI is InChI=1S/C12H14BrClN2O2/c1-12(2)16(3)10(11(15)17)6-4-7(13)8(14)5-9(6)18-12/h4-5,10H,1-3H3,(H2,15,17). The lowest BCUT2D eigenvalue weighted by Crippen LogP contribution is -2.54. The van der Waals surface area contributed by atoms with Crippen LogP contribution in [0.4, 0.5) is 0 Å². The number of ether oxygens (including phenoxy) is 1. The molecule has 0 spiro atoms. The molecule has 1 aliphatic rings. The van der Waals surface area contributed by atoms with E-state index in [9.17, 15) is 4.79 Å². The minimum atomic E-state index is -0.621. The first kappa shape index (κ1) is 13.6. The molecule has 2 rings (SSSR count). The number of likely N-dealkylation sites (N-methyl/N-ethyl adjacent to an activating group) is 1. The SMILES string of the molecule is CN1C(C(N)=O)c2cc(Br)c(Cl)cc2OC1(C)C. The molecule has 4 nitrogen and oxygen atoms in total. The highest BCUT2D eigenvalue weighted by Gasteiger charge is 2.41. The normalized spacial score (nSPS) is 22.2. The number of primary amides is 1. The second-order valence-electron chi connectivity index (χ2n) is 4.77. The molecule has 0 aromatic heterocycles. The second kappa shape index (κ2) is 4.40. The van der Waals surface area contributed by atoms with E-state index < -0.39 is 17.7 Å². The Morgan fingerprint density at radius 1 is 1.56 bits per heavy atom. The van der Waals surface area contributed by atoms with Gasteiger partial charge in [-0.15, -0.1) is 0 Å². The van der Waals surface area contributed by atoms with Crippen molar-refractivity contribution in [1.29, 1.82) is 0 Å². The molecule has 1 heterocycles. The third kappa shape index (κ3) is 2.11. The molecule has 0 saturated heterocycles. The molecule has 98 valence electrons. The van der Waals surface area contributed by atoms with Crippen LogP contribution in [-0.2, 0) is 4.79 Å². The van der Waals surface area contributed by atoms with E-state index in [2.05, 4.69) is 15.9 Å². The highest BCUT2D eigenvalue weighted by atomic mass is 79.9. The first-order chi connectivity index (χ1) is 8.24. The first-order valence-electron chi connectivity index (χ1n) is 5.44. The maximum Gasteiger partial charge on any atom is 0.239 e. The van der Waals surface area contributed by atoms with E-state index in [0.29, 0.717) is 15.2 Å². The predicted molar refractivity (Wildman–Crippen MR) is 73.6 cm³/mol. The minimum Gasteiger partial charge on any atom is -0.473 e. The monoisotopic (exact) mass is 332 g/mol. The number of rotatable bonds is 1. The molecule has 1 aromatic carbocycles. The zero-order valence-electron chi connectivity index (χ0n) is 10.3. The highest BCUT2D eigenvalue weighted by molar-refractivity contribution is 9.10. The van der Waals surface area contributed by atoms with Crippen molar-refractivity contribution in [3.8, 4) is 5.75 Å². The quantitative estimate of drug-likeness (QED) is 0.859. The van der Waals surface area contributed by atoms with Gasteiger partial charge in [0.2, 0.25) is 5.91 Å². The van der Waals surface area contributed by atoms with Crippen molar-refractivity contribution in [3.63, 3.8) is 0 Å². The number of benzene rings is 1. The molecule has 0 bridgehead atoms. The van der Waals surface area contributed by atoms with Gasteiger partial charge < -0.3 is 10.5 Å². The maximum absolute atomic E-state index is 11.7. The number of fused-ring (bicyclic) bond motifs is 1.